The summed E-state index contributed by atoms with van der Waals surface area (Å²) in [7, 11) is -1.42. The average molecular weight is 222 g/mol. The zero-order chi connectivity index (χ0) is 11.2. The lowest BCUT2D eigenvalue weighted by Crippen LogP contribution is -2.32. The zero-order valence-corrected chi connectivity index (χ0v) is 10.2. The predicted octanol–water partition coefficient (Wildman–Crippen LogP) is 0.785. The molecule has 0 spiro atoms. The molecule has 5 heteroatoms. The van der Waals surface area contributed by atoms with Crippen LogP contribution >= 0.6 is 0 Å². The van der Waals surface area contributed by atoms with Gasteiger partial charge >= 0.3 is 0 Å². The molecule has 0 fully saturated rings. The molecule has 0 aliphatic rings. The van der Waals surface area contributed by atoms with Crippen molar-refractivity contribution in [2.24, 2.45) is 5.73 Å². The third-order valence-corrected chi connectivity index (χ3v) is 4.07. The van der Waals surface area contributed by atoms with E-state index in [-0.39, 0.29) is 11.8 Å². The molecule has 0 radical (unpaired) electrons. The summed E-state index contributed by atoms with van der Waals surface area (Å²) in [5.74, 6) is 0.249. The molecule has 1 atom stereocenters. The van der Waals surface area contributed by atoms with E-state index in [2.05, 4.69) is 0 Å². The van der Waals surface area contributed by atoms with Crippen LogP contribution in [0.5, 0.6) is 0 Å². The normalized spacial score (nSPS) is 14.6. The van der Waals surface area contributed by atoms with E-state index in [1.54, 1.807) is 7.05 Å². The molecule has 0 aliphatic heterocycles. The van der Waals surface area contributed by atoms with Crippen LogP contribution in [-0.2, 0) is 10.0 Å². The van der Waals surface area contributed by atoms with E-state index >= 15 is 0 Å². The van der Waals surface area contributed by atoms with Gasteiger partial charge in [0.1, 0.15) is 0 Å². The van der Waals surface area contributed by atoms with Crippen molar-refractivity contribution in [1.29, 1.82) is 0 Å². The first kappa shape index (κ1) is 13.9. The van der Waals surface area contributed by atoms with Gasteiger partial charge in [0.05, 0.1) is 5.75 Å². The summed E-state index contributed by atoms with van der Waals surface area (Å²) in [4.78, 5) is 0. The van der Waals surface area contributed by atoms with E-state index in [1.807, 2.05) is 13.8 Å². The van der Waals surface area contributed by atoms with Crippen molar-refractivity contribution in [1.82, 2.24) is 4.31 Å². The Balaban J connectivity index is 4.01. The third-order valence-electron chi connectivity index (χ3n) is 2.13. The summed E-state index contributed by atoms with van der Waals surface area (Å²) in [6, 6.07) is 0.0545. The monoisotopic (exact) mass is 222 g/mol. The number of nitrogens with two attached hydrogens (primary N) is 1. The lowest BCUT2D eigenvalue weighted by Gasteiger charge is -2.17. The Hall–Kier alpha value is -0.130. The van der Waals surface area contributed by atoms with Crippen molar-refractivity contribution in [2.75, 3.05) is 19.3 Å². The molecule has 86 valence electrons. The predicted molar refractivity (Wildman–Crippen MR) is 59.6 cm³/mol. The van der Waals surface area contributed by atoms with Crippen molar-refractivity contribution in [3.8, 4) is 0 Å². The number of nitrogens with zero attached hydrogens (tertiary/aromatic N) is 1. The van der Waals surface area contributed by atoms with Crippen molar-refractivity contribution < 1.29 is 8.42 Å². The molecule has 0 aromatic heterocycles. The van der Waals surface area contributed by atoms with Gasteiger partial charge in [-0.25, -0.2) is 12.7 Å². The maximum Gasteiger partial charge on any atom is 0.213 e. The van der Waals surface area contributed by atoms with Crippen LogP contribution in [0.4, 0.5) is 0 Å². The van der Waals surface area contributed by atoms with Gasteiger partial charge in [0, 0.05) is 19.6 Å². The van der Waals surface area contributed by atoms with Gasteiger partial charge in [0.2, 0.25) is 10.0 Å². The fourth-order valence-electron chi connectivity index (χ4n) is 1.01. The molecule has 1 unspecified atom stereocenters. The minimum atomic E-state index is -3.04. The van der Waals surface area contributed by atoms with E-state index in [0.29, 0.717) is 13.0 Å². The van der Waals surface area contributed by atoms with E-state index in [9.17, 15) is 8.42 Å². The highest BCUT2D eigenvalue weighted by molar-refractivity contribution is 7.89. The van der Waals surface area contributed by atoms with Crippen LogP contribution in [0, 0.1) is 0 Å². The Kier molecular flexibility index (Phi) is 6.31. The average Bonchev–Trinajstić information content (AvgIpc) is 2.10. The molecule has 0 aromatic rings. The fourth-order valence-corrected chi connectivity index (χ4v) is 2.36. The molecule has 2 N–H and O–H groups in total. The Morgan fingerprint density at radius 3 is 2.43 bits per heavy atom. The summed E-state index contributed by atoms with van der Waals surface area (Å²) in [6.45, 7) is 4.38. The molecule has 0 saturated carbocycles. The highest BCUT2D eigenvalue weighted by atomic mass is 32.2. The second-order valence-electron chi connectivity index (χ2n) is 3.76. The molecule has 0 rings (SSSR count). The Bertz CT molecular complexity index is 237. The molecule has 4 nitrogen and oxygen atoms in total. The van der Waals surface area contributed by atoms with Gasteiger partial charge in [-0.1, -0.05) is 13.3 Å². The van der Waals surface area contributed by atoms with Crippen molar-refractivity contribution in [3.05, 3.63) is 0 Å². The highest BCUT2D eigenvalue weighted by Crippen LogP contribution is 2.03. The molecule has 0 heterocycles. The molecular weight excluding hydrogens is 200 g/mol. The van der Waals surface area contributed by atoms with E-state index in [1.165, 1.54) is 4.31 Å². The Labute approximate surface area is 87.5 Å². The largest absolute Gasteiger partial charge is 0.328 e. The van der Waals surface area contributed by atoms with Gasteiger partial charge in [-0.3, -0.25) is 0 Å². The van der Waals surface area contributed by atoms with Crippen LogP contribution in [0.15, 0.2) is 0 Å². The van der Waals surface area contributed by atoms with Crippen molar-refractivity contribution >= 4 is 10.0 Å². The Morgan fingerprint density at radius 2 is 2.00 bits per heavy atom. The SMILES string of the molecule is CCCCS(=O)(=O)N(C)CCC(C)N. The maximum atomic E-state index is 11.6. The van der Waals surface area contributed by atoms with Gasteiger partial charge in [-0.15, -0.1) is 0 Å². The number of sulfonamides is 1. The second-order valence-corrected chi connectivity index (χ2v) is 5.95. The number of hydrogen-bond donors (Lipinski definition) is 1. The number of hydrogen-bond acceptors (Lipinski definition) is 3. The minimum Gasteiger partial charge on any atom is -0.328 e. The van der Waals surface area contributed by atoms with E-state index < -0.39 is 10.0 Å². The maximum absolute atomic E-state index is 11.6. The minimum absolute atomic E-state index is 0.0545. The smallest absolute Gasteiger partial charge is 0.213 e. The lowest BCUT2D eigenvalue weighted by molar-refractivity contribution is 0.445. The van der Waals surface area contributed by atoms with Crippen LogP contribution in [0.25, 0.3) is 0 Å². The summed E-state index contributed by atoms with van der Waals surface area (Å²) in [5.41, 5.74) is 5.56. The van der Waals surface area contributed by atoms with Gasteiger partial charge < -0.3 is 5.73 Å². The standard InChI is InChI=1S/C9H22N2O2S/c1-4-5-8-14(12,13)11(3)7-6-9(2)10/h9H,4-8,10H2,1-3H3. The van der Waals surface area contributed by atoms with Gasteiger partial charge in [0.25, 0.3) is 0 Å². The molecule has 14 heavy (non-hydrogen) atoms. The molecular formula is C9H22N2O2S. The quantitative estimate of drug-likeness (QED) is 0.692. The summed E-state index contributed by atoms with van der Waals surface area (Å²) in [6.07, 6.45) is 2.34. The van der Waals surface area contributed by atoms with Crippen LogP contribution in [0.2, 0.25) is 0 Å². The summed E-state index contributed by atoms with van der Waals surface area (Å²) >= 11 is 0. The van der Waals surface area contributed by atoms with Gasteiger partial charge in [-0.05, 0) is 19.8 Å². The topological polar surface area (TPSA) is 63.4 Å². The first-order valence-electron chi connectivity index (χ1n) is 5.09. The van der Waals surface area contributed by atoms with Crippen molar-refractivity contribution in [3.63, 3.8) is 0 Å². The fraction of sp³-hybridized carbons (Fsp3) is 1.00. The van der Waals surface area contributed by atoms with Crippen molar-refractivity contribution in [2.45, 2.75) is 39.2 Å². The molecule has 0 saturated heterocycles. The van der Waals surface area contributed by atoms with Crippen LogP contribution < -0.4 is 5.73 Å². The molecule has 0 aromatic carbocycles. The van der Waals surface area contributed by atoms with Gasteiger partial charge in [0.15, 0.2) is 0 Å². The van der Waals surface area contributed by atoms with E-state index in [0.717, 1.165) is 12.8 Å². The van der Waals surface area contributed by atoms with E-state index in [4.69, 9.17) is 5.73 Å². The first-order valence-corrected chi connectivity index (χ1v) is 6.70. The summed E-state index contributed by atoms with van der Waals surface area (Å²) in [5, 5.41) is 0. The lowest BCUT2D eigenvalue weighted by atomic mass is 10.2. The molecule has 0 aliphatic carbocycles. The molecule has 0 bridgehead atoms. The number of unbranched alkanes of at least 4 members (excludes halogenated alkanes) is 1. The van der Waals surface area contributed by atoms with Gasteiger partial charge in [-0.2, -0.15) is 0 Å². The number of rotatable bonds is 7. The van der Waals surface area contributed by atoms with Crippen LogP contribution in [0.1, 0.15) is 33.1 Å². The molecule has 0 amide bonds. The second kappa shape index (κ2) is 6.37. The summed E-state index contributed by atoms with van der Waals surface area (Å²) < 4.78 is 24.6. The first-order chi connectivity index (χ1) is 6.40. The highest BCUT2D eigenvalue weighted by Gasteiger charge is 2.16. The van der Waals surface area contributed by atoms with Crippen LogP contribution in [-0.4, -0.2) is 38.1 Å². The third kappa shape index (κ3) is 5.57. The Morgan fingerprint density at radius 1 is 1.43 bits per heavy atom. The zero-order valence-electron chi connectivity index (χ0n) is 9.36. The van der Waals surface area contributed by atoms with Crippen LogP contribution in [0.3, 0.4) is 0 Å².